The minimum atomic E-state index is 0.198. The molecule has 0 unspecified atom stereocenters. The van der Waals surface area contributed by atoms with Crippen molar-refractivity contribution in [2.75, 3.05) is 31.6 Å². The average molecular weight is 272 g/mol. The van der Waals surface area contributed by atoms with Gasteiger partial charge in [0.2, 0.25) is 5.13 Å². The molecule has 0 fully saturated rings. The van der Waals surface area contributed by atoms with Gasteiger partial charge in [-0.05, 0) is 19.4 Å². The van der Waals surface area contributed by atoms with Crippen LogP contribution in [0.3, 0.4) is 0 Å². The number of anilines is 1. The van der Waals surface area contributed by atoms with E-state index in [1.807, 2.05) is 0 Å². The summed E-state index contributed by atoms with van der Waals surface area (Å²) in [6, 6.07) is 0. The molecule has 18 heavy (non-hydrogen) atoms. The molecule has 0 bridgehead atoms. The zero-order valence-electron chi connectivity index (χ0n) is 11.4. The normalized spacial score (nSPS) is 11.1. The van der Waals surface area contributed by atoms with Crippen LogP contribution in [0.2, 0.25) is 0 Å². The van der Waals surface area contributed by atoms with E-state index < -0.39 is 0 Å². The molecule has 0 aliphatic rings. The highest BCUT2D eigenvalue weighted by Crippen LogP contribution is 2.17. The van der Waals surface area contributed by atoms with Crippen LogP contribution in [0.25, 0.3) is 0 Å². The van der Waals surface area contributed by atoms with E-state index in [1.165, 1.54) is 6.42 Å². The topological polar surface area (TPSA) is 61.3 Å². The molecule has 104 valence electrons. The summed E-state index contributed by atoms with van der Waals surface area (Å²) in [6.45, 7) is 7.93. The third-order valence-electron chi connectivity index (χ3n) is 2.60. The molecule has 5 nitrogen and oxygen atoms in total. The maximum atomic E-state index is 9.05. The van der Waals surface area contributed by atoms with Gasteiger partial charge in [0.25, 0.3) is 0 Å². The van der Waals surface area contributed by atoms with Crippen molar-refractivity contribution in [1.29, 1.82) is 0 Å². The van der Waals surface area contributed by atoms with Crippen LogP contribution in [0, 0.1) is 0 Å². The van der Waals surface area contributed by atoms with Crippen molar-refractivity contribution in [3.8, 4) is 0 Å². The maximum Gasteiger partial charge on any atom is 0.205 e. The van der Waals surface area contributed by atoms with Crippen LogP contribution in [0.5, 0.6) is 0 Å². The average Bonchev–Trinajstić information content (AvgIpc) is 2.81. The molecule has 6 heteroatoms. The smallest absolute Gasteiger partial charge is 0.205 e. The SMILES string of the molecule is CCCCN(CCO)Cc1nnc(NCCC)s1. The number of aliphatic hydroxyl groups excluding tert-OH is 1. The summed E-state index contributed by atoms with van der Waals surface area (Å²) >= 11 is 1.60. The molecule has 0 atom stereocenters. The standard InChI is InChI=1S/C12H24N4OS/c1-3-5-7-16(8-9-17)10-11-14-15-12(18-11)13-6-4-2/h17H,3-10H2,1-2H3,(H,13,15). The Hall–Kier alpha value is -0.720. The monoisotopic (exact) mass is 272 g/mol. The van der Waals surface area contributed by atoms with Gasteiger partial charge in [0.1, 0.15) is 5.01 Å². The number of hydrogen-bond acceptors (Lipinski definition) is 6. The highest BCUT2D eigenvalue weighted by atomic mass is 32.1. The Morgan fingerprint density at radius 3 is 2.72 bits per heavy atom. The molecular formula is C12H24N4OS. The molecule has 0 spiro atoms. The number of aromatic nitrogens is 2. The van der Waals surface area contributed by atoms with E-state index in [9.17, 15) is 0 Å². The van der Waals surface area contributed by atoms with Crippen LogP contribution in [-0.4, -0.2) is 46.4 Å². The molecular weight excluding hydrogens is 248 g/mol. The second kappa shape index (κ2) is 9.24. The first-order valence-corrected chi connectivity index (χ1v) is 7.51. The van der Waals surface area contributed by atoms with Gasteiger partial charge in [-0.1, -0.05) is 31.6 Å². The number of unbranched alkanes of at least 4 members (excludes halogenated alkanes) is 1. The van der Waals surface area contributed by atoms with Gasteiger partial charge < -0.3 is 10.4 Å². The largest absolute Gasteiger partial charge is 0.395 e. The Balaban J connectivity index is 2.43. The van der Waals surface area contributed by atoms with Crippen molar-refractivity contribution in [3.63, 3.8) is 0 Å². The lowest BCUT2D eigenvalue weighted by molar-refractivity contribution is 0.188. The molecule has 2 N–H and O–H groups in total. The van der Waals surface area contributed by atoms with Crippen molar-refractivity contribution in [2.24, 2.45) is 0 Å². The Morgan fingerprint density at radius 2 is 2.06 bits per heavy atom. The molecule has 0 saturated carbocycles. The van der Waals surface area contributed by atoms with E-state index in [1.54, 1.807) is 11.3 Å². The number of nitrogens with one attached hydrogen (secondary N) is 1. The van der Waals surface area contributed by atoms with Gasteiger partial charge in [0.05, 0.1) is 13.2 Å². The lowest BCUT2D eigenvalue weighted by atomic mass is 10.3. The fourth-order valence-corrected chi connectivity index (χ4v) is 2.41. The number of rotatable bonds is 10. The molecule has 0 saturated heterocycles. The minimum Gasteiger partial charge on any atom is -0.395 e. The fourth-order valence-electron chi connectivity index (χ4n) is 1.61. The Bertz CT molecular complexity index is 319. The van der Waals surface area contributed by atoms with Crippen LogP contribution >= 0.6 is 11.3 Å². The van der Waals surface area contributed by atoms with Crippen molar-refractivity contribution in [1.82, 2.24) is 15.1 Å². The first kappa shape index (κ1) is 15.3. The molecule has 0 aliphatic heterocycles. The van der Waals surface area contributed by atoms with Crippen LogP contribution in [0.1, 0.15) is 38.1 Å². The van der Waals surface area contributed by atoms with E-state index in [4.69, 9.17) is 5.11 Å². The van der Waals surface area contributed by atoms with Crippen LogP contribution in [0.15, 0.2) is 0 Å². The molecule has 1 rings (SSSR count). The summed E-state index contributed by atoms with van der Waals surface area (Å²) in [6.07, 6.45) is 3.41. The van der Waals surface area contributed by atoms with Crippen molar-refractivity contribution in [2.45, 2.75) is 39.7 Å². The summed E-state index contributed by atoms with van der Waals surface area (Å²) in [5.74, 6) is 0. The number of nitrogens with zero attached hydrogens (tertiary/aromatic N) is 3. The highest BCUT2D eigenvalue weighted by molar-refractivity contribution is 7.15. The number of aliphatic hydroxyl groups is 1. The Kier molecular flexibility index (Phi) is 7.88. The Morgan fingerprint density at radius 1 is 1.22 bits per heavy atom. The van der Waals surface area contributed by atoms with E-state index in [0.717, 1.165) is 42.6 Å². The van der Waals surface area contributed by atoms with E-state index in [0.29, 0.717) is 6.54 Å². The first-order chi connectivity index (χ1) is 8.80. The highest BCUT2D eigenvalue weighted by Gasteiger charge is 2.09. The van der Waals surface area contributed by atoms with E-state index in [-0.39, 0.29) is 6.61 Å². The maximum absolute atomic E-state index is 9.05. The second-order valence-corrected chi connectivity index (χ2v) is 5.34. The first-order valence-electron chi connectivity index (χ1n) is 6.69. The van der Waals surface area contributed by atoms with Gasteiger partial charge in [-0.15, -0.1) is 10.2 Å². The van der Waals surface area contributed by atoms with Gasteiger partial charge in [-0.25, -0.2) is 0 Å². The summed E-state index contributed by atoms with van der Waals surface area (Å²) < 4.78 is 0. The predicted octanol–water partition coefficient (Wildman–Crippen LogP) is 1.95. The molecule has 0 aromatic carbocycles. The molecule has 1 heterocycles. The number of hydrogen-bond donors (Lipinski definition) is 2. The van der Waals surface area contributed by atoms with Gasteiger partial charge in [-0.2, -0.15) is 0 Å². The summed E-state index contributed by atoms with van der Waals surface area (Å²) in [4.78, 5) is 2.23. The third kappa shape index (κ3) is 5.75. The third-order valence-corrected chi connectivity index (χ3v) is 3.46. The van der Waals surface area contributed by atoms with Gasteiger partial charge >= 0.3 is 0 Å². The lowest BCUT2D eigenvalue weighted by Gasteiger charge is -2.19. The summed E-state index contributed by atoms with van der Waals surface area (Å²) in [5, 5.41) is 22.5. The molecule has 0 radical (unpaired) electrons. The zero-order valence-corrected chi connectivity index (χ0v) is 12.2. The quantitative estimate of drug-likeness (QED) is 0.682. The van der Waals surface area contributed by atoms with Gasteiger partial charge in [0, 0.05) is 13.1 Å². The molecule has 1 aromatic rings. The zero-order chi connectivity index (χ0) is 13.2. The lowest BCUT2D eigenvalue weighted by Crippen LogP contribution is -2.27. The summed E-state index contributed by atoms with van der Waals surface area (Å²) in [5.41, 5.74) is 0. The van der Waals surface area contributed by atoms with Crippen LogP contribution in [-0.2, 0) is 6.54 Å². The van der Waals surface area contributed by atoms with Crippen molar-refractivity contribution >= 4 is 16.5 Å². The fraction of sp³-hybridized carbons (Fsp3) is 0.833. The van der Waals surface area contributed by atoms with Crippen molar-refractivity contribution < 1.29 is 5.11 Å². The van der Waals surface area contributed by atoms with Crippen molar-refractivity contribution in [3.05, 3.63) is 5.01 Å². The Labute approximate surface area is 113 Å². The predicted molar refractivity (Wildman–Crippen MR) is 76.0 cm³/mol. The van der Waals surface area contributed by atoms with Crippen LogP contribution in [0.4, 0.5) is 5.13 Å². The van der Waals surface area contributed by atoms with E-state index in [2.05, 4.69) is 34.3 Å². The van der Waals surface area contributed by atoms with E-state index >= 15 is 0 Å². The van der Waals surface area contributed by atoms with Gasteiger partial charge in [-0.3, -0.25) is 4.90 Å². The van der Waals surface area contributed by atoms with Crippen LogP contribution < -0.4 is 5.32 Å². The minimum absolute atomic E-state index is 0.198. The summed E-state index contributed by atoms with van der Waals surface area (Å²) in [7, 11) is 0. The molecule has 1 aromatic heterocycles. The molecule has 0 aliphatic carbocycles. The second-order valence-electron chi connectivity index (χ2n) is 4.28. The van der Waals surface area contributed by atoms with Gasteiger partial charge in [0.15, 0.2) is 0 Å². The molecule has 0 amide bonds.